The average Bonchev–Trinajstić information content (AvgIpc) is 2.87. The fourth-order valence-electron chi connectivity index (χ4n) is 4.20. The molecule has 1 saturated heterocycles. The summed E-state index contributed by atoms with van der Waals surface area (Å²) in [5.74, 6) is -0.241. The molecular formula is C29H43N3O4. The Balaban J connectivity index is 0.000000662. The van der Waals surface area contributed by atoms with Crippen LogP contribution in [0.25, 0.3) is 0 Å². The molecule has 1 atom stereocenters. The Bertz CT molecular complexity index is 895. The second kappa shape index (κ2) is 16.6. The highest BCUT2D eigenvalue weighted by Gasteiger charge is 2.22. The van der Waals surface area contributed by atoms with Gasteiger partial charge in [0.25, 0.3) is 0 Å². The molecule has 0 spiro atoms. The SMILES string of the molecule is C1CCNCC1.CCCCNc1cc(C)c(NCCC(OC(=O)O)C(=O)Cc2ccccc2)c(C)c1. The maximum atomic E-state index is 12.6. The fourth-order valence-corrected chi connectivity index (χ4v) is 4.20. The number of nitrogens with one attached hydrogen (secondary N) is 3. The molecule has 1 fully saturated rings. The van der Waals surface area contributed by atoms with E-state index in [1.807, 2.05) is 44.2 Å². The van der Waals surface area contributed by atoms with Gasteiger partial charge in [0.05, 0.1) is 0 Å². The number of carbonyl (C=O) groups excluding carboxylic acids is 1. The number of aryl methyl sites for hydroxylation is 2. The van der Waals surface area contributed by atoms with Crippen LogP contribution in [0, 0.1) is 13.8 Å². The van der Waals surface area contributed by atoms with Crippen molar-refractivity contribution in [2.45, 2.75) is 71.8 Å². The smallest absolute Gasteiger partial charge is 0.450 e. The van der Waals surface area contributed by atoms with E-state index >= 15 is 0 Å². The first-order chi connectivity index (χ1) is 17.4. The van der Waals surface area contributed by atoms with Crippen LogP contribution in [0.4, 0.5) is 16.2 Å². The zero-order chi connectivity index (χ0) is 26.2. The highest BCUT2D eigenvalue weighted by molar-refractivity contribution is 5.86. The van der Waals surface area contributed by atoms with Crippen LogP contribution >= 0.6 is 0 Å². The van der Waals surface area contributed by atoms with Gasteiger partial charge in [-0.25, -0.2) is 4.79 Å². The number of Topliss-reactive ketones (excluding diaryl/α,β-unsaturated/α-hetero) is 1. The molecule has 0 aliphatic carbocycles. The summed E-state index contributed by atoms with van der Waals surface area (Å²) in [7, 11) is 0. The third-order valence-electron chi connectivity index (χ3n) is 6.13. The van der Waals surface area contributed by atoms with Gasteiger partial charge in [-0.15, -0.1) is 0 Å². The van der Waals surface area contributed by atoms with Gasteiger partial charge in [0, 0.05) is 37.3 Å². The van der Waals surface area contributed by atoms with E-state index < -0.39 is 12.3 Å². The molecule has 0 radical (unpaired) electrons. The van der Waals surface area contributed by atoms with Crippen LogP contribution in [0.15, 0.2) is 42.5 Å². The number of anilines is 2. The summed E-state index contributed by atoms with van der Waals surface area (Å²) in [5.41, 5.74) is 5.13. The first-order valence-electron chi connectivity index (χ1n) is 13.2. The molecule has 1 heterocycles. The van der Waals surface area contributed by atoms with Gasteiger partial charge in [0.2, 0.25) is 0 Å². The van der Waals surface area contributed by atoms with E-state index in [4.69, 9.17) is 9.84 Å². The fraction of sp³-hybridized carbons (Fsp3) is 0.517. The van der Waals surface area contributed by atoms with Crippen LogP contribution < -0.4 is 16.0 Å². The molecule has 7 heteroatoms. The predicted molar refractivity (Wildman–Crippen MR) is 147 cm³/mol. The molecule has 4 N–H and O–H groups in total. The van der Waals surface area contributed by atoms with Crippen molar-refractivity contribution in [1.29, 1.82) is 0 Å². The minimum absolute atomic E-state index is 0.148. The number of carbonyl (C=O) groups is 2. The highest BCUT2D eigenvalue weighted by atomic mass is 16.7. The molecular weight excluding hydrogens is 454 g/mol. The maximum Gasteiger partial charge on any atom is 0.506 e. The number of hydrogen-bond acceptors (Lipinski definition) is 6. The Kier molecular flexibility index (Phi) is 13.4. The zero-order valence-corrected chi connectivity index (χ0v) is 22.1. The summed E-state index contributed by atoms with van der Waals surface area (Å²) >= 11 is 0. The first kappa shape index (κ1) is 29.2. The molecule has 0 bridgehead atoms. The zero-order valence-electron chi connectivity index (χ0n) is 22.1. The molecule has 0 aromatic heterocycles. The van der Waals surface area contributed by atoms with Crippen LogP contribution in [0.5, 0.6) is 0 Å². The molecule has 0 amide bonds. The summed E-state index contributed by atoms with van der Waals surface area (Å²) < 4.78 is 4.87. The third kappa shape index (κ3) is 11.1. The summed E-state index contributed by atoms with van der Waals surface area (Å²) in [6.45, 7) is 10.1. The van der Waals surface area contributed by atoms with Gasteiger partial charge in [-0.3, -0.25) is 4.79 Å². The Morgan fingerprint density at radius 3 is 2.19 bits per heavy atom. The Labute approximate surface area is 216 Å². The minimum Gasteiger partial charge on any atom is -0.450 e. The first-order valence-corrected chi connectivity index (χ1v) is 13.2. The normalized spacial score (nSPS) is 13.6. The van der Waals surface area contributed by atoms with Crippen molar-refractivity contribution in [3.05, 3.63) is 59.2 Å². The van der Waals surface area contributed by atoms with Crippen molar-refractivity contribution >= 4 is 23.3 Å². The quantitative estimate of drug-likeness (QED) is 0.212. The Hall–Kier alpha value is -3.06. The van der Waals surface area contributed by atoms with E-state index in [0.29, 0.717) is 6.54 Å². The van der Waals surface area contributed by atoms with Crippen LogP contribution in [0.1, 0.15) is 62.1 Å². The lowest BCUT2D eigenvalue weighted by Crippen LogP contribution is -2.30. The topological polar surface area (TPSA) is 99.7 Å². The average molecular weight is 498 g/mol. The third-order valence-corrected chi connectivity index (χ3v) is 6.13. The lowest BCUT2D eigenvalue weighted by atomic mass is 10.0. The van der Waals surface area contributed by atoms with Crippen molar-refractivity contribution in [2.24, 2.45) is 0 Å². The summed E-state index contributed by atoms with van der Waals surface area (Å²) in [6, 6.07) is 13.5. The number of ketones is 1. The molecule has 0 saturated carbocycles. The standard InChI is InChI=1S/C24H32N2O4.C5H11N/c1-4-5-12-25-20-14-17(2)23(18(3)15-20)26-13-11-22(30-24(28)29)21(27)16-19-9-7-6-8-10-19;1-2-4-6-5-3-1/h6-10,14-15,22,25-26H,4-5,11-13,16H2,1-3H3,(H,28,29);6H,1-5H2. The van der Waals surface area contributed by atoms with Gasteiger partial charge in [-0.1, -0.05) is 50.1 Å². The van der Waals surface area contributed by atoms with Gasteiger partial charge < -0.3 is 25.8 Å². The maximum absolute atomic E-state index is 12.6. The molecule has 1 aliphatic rings. The number of piperidine rings is 1. The second-order valence-electron chi connectivity index (χ2n) is 9.29. The molecule has 7 nitrogen and oxygen atoms in total. The van der Waals surface area contributed by atoms with Crippen molar-refractivity contribution in [3.63, 3.8) is 0 Å². The van der Waals surface area contributed by atoms with E-state index in [2.05, 4.69) is 35.0 Å². The van der Waals surface area contributed by atoms with Crippen LogP contribution in [-0.4, -0.2) is 49.3 Å². The van der Waals surface area contributed by atoms with Crippen molar-refractivity contribution in [1.82, 2.24) is 5.32 Å². The summed E-state index contributed by atoms with van der Waals surface area (Å²) in [5, 5.41) is 19.1. The monoisotopic (exact) mass is 497 g/mol. The number of ether oxygens (including phenoxy) is 1. The van der Waals surface area contributed by atoms with Gasteiger partial charge in [-0.2, -0.15) is 0 Å². The Morgan fingerprint density at radius 1 is 1.00 bits per heavy atom. The number of hydrogen-bond donors (Lipinski definition) is 4. The van der Waals surface area contributed by atoms with Crippen molar-refractivity contribution in [3.8, 4) is 0 Å². The minimum atomic E-state index is -1.43. The predicted octanol–water partition coefficient (Wildman–Crippen LogP) is 5.95. The van der Waals surface area contributed by atoms with Gasteiger partial charge in [0.15, 0.2) is 11.9 Å². The van der Waals surface area contributed by atoms with Gasteiger partial charge >= 0.3 is 6.16 Å². The molecule has 2 aromatic rings. The lowest BCUT2D eigenvalue weighted by molar-refractivity contribution is -0.127. The van der Waals surface area contributed by atoms with Gasteiger partial charge in [-0.05, 0) is 75.0 Å². The molecule has 1 unspecified atom stereocenters. The van der Waals surface area contributed by atoms with Crippen molar-refractivity contribution in [2.75, 3.05) is 36.8 Å². The van der Waals surface area contributed by atoms with E-state index in [1.54, 1.807) is 0 Å². The number of unbranched alkanes of at least 4 members (excludes halogenated alkanes) is 1. The molecule has 3 rings (SSSR count). The van der Waals surface area contributed by atoms with Crippen LogP contribution in [-0.2, 0) is 16.0 Å². The largest absolute Gasteiger partial charge is 0.506 e. The Morgan fingerprint density at radius 2 is 1.67 bits per heavy atom. The number of carboxylic acid groups (broad SMARTS) is 1. The van der Waals surface area contributed by atoms with Gasteiger partial charge in [0.1, 0.15) is 0 Å². The second-order valence-corrected chi connectivity index (χ2v) is 9.29. The summed E-state index contributed by atoms with van der Waals surface area (Å²) in [4.78, 5) is 23.6. The number of rotatable bonds is 12. The van der Waals surface area contributed by atoms with E-state index in [1.165, 1.54) is 32.4 Å². The summed E-state index contributed by atoms with van der Waals surface area (Å²) in [6.07, 6.45) is 4.48. The molecule has 2 aromatic carbocycles. The molecule has 198 valence electrons. The van der Waals surface area contributed by atoms with Crippen LogP contribution in [0.3, 0.4) is 0 Å². The molecule has 1 aliphatic heterocycles. The van der Waals surface area contributed by atoms with E-state index in [9.17, 15) is 9.59 Å². The molecule has 36 heavy (non-hydrogen) atoms. The lowest BCUT2D eigenvalue weighted by Gasteiger charge is -2.18. The number of benzene rings is 2. The van der Waals surface area contributed by atoms with Crippen LogP contribution in [0.2, 0.25) is 0 Å². The highest BCUT2D eigenvalue weighted by Crippen LogP contribution is 2.25. The van der Waals surface area contributed by atoms with E-state index in [0.717, 1.165) is 47.5 Å². The van der Waals surface area contributed by atoms with E-state index in [-0.39, 0.29) is 18.6 Å². The van der Waals surface area contributed by atoms with Crippen molar-refractivity contribution < 1.29 is 19.4 Å².